The van der Waals surface area contributed by atoms with E-state index in [1.54, 1.807) is 25.1 Å². The Balaban J connectivity index is 1.85. The fourth-order valence-corrected chi connectivity index (χ4v) is 2.84. The molecule has 2 aromatic rings. The molecule has 0 aromatic heterocycles. The number of hydrogen-bond acceptors (Lipinski definition) is 6. The zero-order chi connectivity index (χ0) is 19.6. The van der Waals surface area contributed by atoms with Gasteiger partial charge in [-0.15, -0.1) is 0 Å². The minimum atomic E-state index is -0.516. The van der Waals surface area contributed by atoms with E-state index in [0.29, 0.717) is 22.6 Å². The van der Waals surface area contributed by atoms with Crippen LogP contribution in [0, 0.1) is 6.92 Å². The van der Waals surface area contributed by atoms with Gasteiger partial charge in [-0.1, -0.05) is 12.1 Å². The lowest BCUT2D eigenvalue weighted by atomic mass is 10.0. The number of fused-ring (bicyclic) bond motifs is 1. The highest BCUT2D eigenvalue weighted by Crippen LogP contribution is 2.37. The highest BCUT2D eigenvalue weighted by atomic mass is 16.6. The number of benzene rings is 2. The number of aryl methyl sites for hydroxylation is 1. The van der Waals surface area contributed by atoms with Crippen molar-refractivity contribution >= 4 is 23.5 Å². The molecule has 0 bridgehead atoms. The van der Waals surface area contributed by atoms with Crippen molar-refractivity contribution in [2.24, 2.45) is 0 Å². The third-order valence-corrected chi connectivity index (χ3v) is 4.14. The van der Waals surface area contributed by atoms with E-state index in [9.17, 15) is 9.59 Å². The van der Waals surface area contributed by atoms with Gasteiger partial charge in [-0.3, -0.25) is 4.79 Å². The van der Waals surface area contributed by atoms with Crippen LogP contribution in [0.5, 0.6) is 11.5 Å². The molecule has 0 amide bonds. The number of ether oxygens (including phenoxy) is 3. The molecule has 27 heavy (non-hydrogen) atoms. The quantitative estimate of drug-likeness (QED) is 0.459. The molecule has 0 fully saturated rings. The molecule has 3 rings (SSSR count). The zero-order valence-corrected chi connectivity index (χ0v) is 15.7. The van der Waals surface area contributed by atoms with Crippen molar-refractivity contribution in [2.75, 3.05) is 32.7 Å². The number of esters is 1. The van der Waals surface area contributed by atoms with Crippen LogP contribution in [-0.4, -0.2) is 39.6 Å². The molecule has 2 aromatic carbocycles. The summed E-state index contributed by atoms with van der Waals surface area (Å²) >= 11 is 0. The van der Waals surface area contributed by atoms with Gasteiger partial charge in [-0.05, 0) is 42.3 Å². The van der Waals surface area contributed by atoms with Crippen LogP contribution in [0.1, 0.15) is 21.5 Å². The van der Waals surface area contributed by atoms with Gasteiger partial charge in [0, 0.05) is 33.0 Å². The Labute approximate surface area is 158 Å². The summed E-state index contributed by atoms with van der Waals surface area (Å²) < 4.78 is 15.7. The van der Waals surface area contributed by atoms with Crippen molar-refractivity contribution in [3.05, 3.63) is 58.8 Å². The van der Waals surface area contributed by atoms with Crippen molar-refractivity contribution in [3.8, 4) is 11.5 Å². The summed E-state index contributed by atoms with van der Waals surface area (Å²) in [5.41, 5.74) is 3.10. The molecule has 0 N–H and O–H groups in total. The maximum atomic E-state index is 12.7. The van der Waals surface area contributed by atoms with Crippen LogP contribution in [0.4, 0.5) is 5.69 Å². The average molecular weight is 367 g/mol. The molecule has 1 aliphatic rings. The second kappa shape index (κ2) is 7.63. The first-order valence-corrected chi connectivity index (χ1v) is 8.45. The summed E-state index contributed by atoms with van der Waals surface area (Å²) in [5, 5.41) is 0. The molecule has 6 heteroatoms. The van der Waals surface area contributed by atoms with Crippen LogP contribution in [0.2, 0.25) is 0 Å². The van der Waals surface area contributed by atoms with Gasteiger partial charge in [-0.2, -0.15) is 0 Å². The first-order valence-electron chi connectivity index (χ1n) is 8.45. The number of ketones is 1. The molecule has 0 unspecified atom stereocenters. The van der Waals surface area contributed by atoms with E-state index < -0.39 is 5.97 Å². The highest BCUT2D eigenvalue weighted by Gasteiger charge is 2.30. The number of methoxy groups -OCH3 is 1. The molecular formula is C21H21NO5. The van der Waals surface area contributed by atoms with Crippen LogP contribution in [0.3, 0.4) is 0 Å². The monoisotopic (exact) mass is 367 g/mol. The summed E-state index contributed by atoms with van der Waals surface area (Å²) in [7, 11) is 5.35. The van der Waals surface area contributed by atoms with E-state index in [2.05, 4.69) is 0 Å². The lowest BCUT2D eigenvalue weighted by molar-refractivity contribution is -0.138. The molecule has 0 spiro atoms. The minimum absolute atomic E-state index is 0.149. The Morgan fingerprint density at radius 2 is 1.89 bits per heavy atom. The van der Waals surface area contributed by atoms with Gasteiger partial charge in [0.2, 0.25) is 5.78 Å². The van der Waals surface area contributed by atoms with Crippen molar-refractivity contribution in [1.82, 2.24) is 0 Å². The second-order valence-corrected chi connectivity index (χ2v) is 6.45. The van der Waals surface area contributed by atoms with Crippen molar-refractivity contribution in [3.63, 3.8) is 0 Å². The molecule has 1 heterocycles. The van der Waals surface area contributed by atoms with Crippen LogP contribution in [0.15, 0.2) is 42.2 Å². The fraction of sp³-hybridized carbons (Fsp3) is 0.238. The first-order chi connectivity index (χ1) is 12.9. The van der Waals surface area contributed by atoms with E-state index in [1.807, 2.05) is 43.3 Å². The number of carbonyl (C=O) groups excluding carboxylic acids is 2. The predicted molar refractivity (Wildman–Crippen MR) is 102 cm³/mol. The van der Waals surface area contributed by atoms with Gasteiger partial charge in [-0.25, -0.2) is 4.79 Å². The van der Waals surface area contributed by atoms with E-state index in [4.69, 9.17) is 14.2 Å². The Kier molecular flexibility index (Phi) is 5.28. The SMILES string of the molecule is COCC(=O)Oc1cc(C)c2c(c1)O/C(=C\c1ccc(N(C)C)cc1)C2=O. The summed E-state index contributed by atoms with van der Waals surface area (Å²) in [6.07, 6.45) is 1.71. The third-order valence-electron chi connectivity index (χ3n) is 4.14. The van der Waals surface area contributed by atoms with E-state index in [1.165, 1.54) is 7.11 Å². The molecule has 0 radical (unpaired) electrons. The molecule has 0 atom stereocenters. The molecule has 140 valence electrons. The zero-order valence-electron chi connectivity index (χ0n) is 15.7. The van der Waals surface area contributed by atoms with Gasteiger partial charge >= 0.3 is 5.97 Å². The molecule has 1 aliphatic heterocycles. The molecule has 0 saturated carbocycles. The van der Waals surface area contributed by atoms with Gasteiger partial charge < -0.3 is 19.1 Å². The first kappa shape index (κ1) is 18.7. The van der Waals surface area contributed by atoms with Gasteiger partial charge in [0.25, 0.3) is 0 Å². The molecule has 6 nitrogen and oxygen atoms in total. The molecule has 0 saturated heterocycles. The van der Waals surface area contributed by atoms with Gasteiger partial charge in [0.1, 0.15) is 18.1 Å². The highest BCUT2D eigenvalue weighted by molar-refractivity contribution is 6.15. The smallest absolute Gasteiger partial charge is 0.337 e. The Hall–Kier alpha value is -3.12. The maximum Gasteiger partial charge on any atom is 0.337 e. The predicted octanol–water partition coefficient (Wildman–Crippen LogP) is 3.23. The third kappa shape index (κ3) is 4.01. The Morgan fingerprint density at radius 1 is 1.19 bits per heavy atom. The number of rotatable bonds is 5. The number of allylic oxidation sites excluding steroid dienone is 1. The van der Waals surface area contributed by atoms with Gasteiger partial charge in [0.15, 0.2) is 5.76 Å². The summed E-state index contributed by atoms with van der Waals surface area (Å²) in [6.45, 7) is 1.63. The fourth-order valence-electron chi connectivity index (χ4n) is 2.84. The van der Waals surface area contributed by atoms with Crippen LogP contribution in [0.25, 0.3) is 6.08 Å². The molecular weight excluding hydrogens is 346 g/mol. The van der Waals surface area contributed by atoms with Crippen LogP contribution < -0.4 is 14.4 Å². The van der Waals surface area contributed by atoms with E-state index in [-0.39, 0.29) is 18.1 Å². The summed E-state index contributed by atoms with van der Waals surface area (Å²) in [5.74, 6) is 0.243. The topological polar surface area (TPSA) is 65.1 Å². The number of Topliss-reactive ketones (excluding diaryl/α,β-unsaturated/α-hetero) is 1. The lowest BCUT2D eigenvalue weighted by Crippen LogP contribution is -2.14. The van der Waals surface area contributed by atoms with Crippen molar-refractivity contribution in [2.45, 2.75) is 6.92 Å². The van der Waals surface area contributed by atoms with E-state index in [0.717, 1.165) is 11.3 Å². The standard InChI is InChI=1S/C21H21NO5/c1-13-9-16(26-19(23)12-25-4)11-17-20(13)21(24)18(27-17)10-14-5-7-15(8-6-14)22(2)3/h5-11H,12H2,1-4H3/b18-10-. The number of carbonyl (C=O) groups is 2. The molecule has 0 aliphatic carbocycles. The summed E-state index contributed by atoms with van der Waals surface area (Å²) in [4.78, 5) is 26.3. The van der Waals surface area contributed by atoms with Crippen molar-refractivity contribution in [1.29, 1.82) is 0 Å². The van der Waals surface area contributed by atoms with Crippen LogP contribution >= 0.6 is 0 Å². The number of hydrogen-bond donors (Lipinski definition) is 0. The maximum absolute atomic E-state index is 12.7. The lowest BCUT2D eigenvalue weighted by Gasteiger charge is -2.11. The Bertz CT molecular complexity index is 913. The van der Waals surface area contributed by atoms with Crippen LogP contribution in [-0.2, 0) is 9.53 Å². The average Bonchev–Trinajstić information content (AvgIpc) is 2.91. The van der Waals surface area contributed by atoms with Gasteiger partial charge in [0.05, 0.1) is 5.56 Å². The summed E-state index contributed by atoms with van der Waals surface area (Å²) in [6, 6.07) is 11.0. The van der Waals surface area contributed by atoms with Crippen molar-refractivity contribution < 1.29 is 23.8 Å². The normalized spacial score (nSPS) is 14.1. The Morgan fingerprint density at radius 3 is 2.52 bits per heavy atom. The largest absolute Gasteiger partial charge is 0.452 e. The second-order valence-electron chi connectivity index (χ2n) is 6.45. The number of anilines is 1. The minimum Gasteiger partial charge on any atom is -0.452 e. The number of nitrogens with zero attached hydrogens (tertiary/aromatic N) is 1. The van der Waals surface area contributed by atoms with E-state index >= 15 is 0 Å².